The first kappa shape index (κ1) is 25.2. The molecule has 6 heteroatoms. The van der Waals surface area contributed by atoms with Crippen molar-refractivity contribution in [2.24, 2.45) is 11.8 Å². The van der Waals surface area contributed by atoms with E-state index in [1.807, 2.05) is 37.2 Å². The van der Waals surface area contributed by atoms with Crippen LogP contribution in [-0.2, 0) is 16.3 Å². The second-order valence-corrected chi connectivity index (χ2v) is 9.06. The van der Waals surface area contributed by atoms with Gasteiger partial charge in [-0.05, 0) is 76.9 Å². The second-order valence-electron chi connectivity index (χ2n) is 7.45. The van der Waals surface area contributed by atoms with E-state index in [1.165, 1.54) is 5.57 Å². The summed E-state index contributed by atoms with van der Waals surface area (Å²) < 4.78 is 8.37. The summed E-state index contributed by atoms with van der Waals surface area (Å²) in [7, 11) is 0. The van der Waals surface area contributed by atoms with Crippen molar-refractivity contribution < 1.29 is 9.53 Å². The zero-order valence-corrected chi connectivity index (χ0v) is 21.3. The number of nitrogens with zero attached hydrogens (tertiary/aromatic N) is 2. The number of hydrogen-bond donors (Lipinski definition) is 0. The predicted molar refractivity (Wildman–Crippen MR) is 133 cm³/mol. The number of aromatic nitrogens is 2. The number of carbonyl (C=O) groups excluding carboxylic acids is 1. The van der Waals surface area contributed by atoms with Crippen molar-refractivity contribution in [3.8, 4) is 0 Å². The second kappa shape index (κ2) is 12.7. The number of halogens is 1. The van der Waals surface area contributed by atoms with E-state index < -0.39 is 0 Å². The standard InChI is InChI=1S/C20H23BrN2O2.C2H6S.C2H6/c1-2-3-9-25-12-23-17-8-7-13(10-14(17)11-22-23)18-15-5-4-6-16(15)20(24)19(18)21;1-3-2;1-2/h7-8,10-11,15-16H,2-6,9,12H2,1H3;1-2H3;1-2H3. The molecular formula is C24H35BrN2O2S. The van der Waals surface area contributed by atoms with E-state index in [1.54, 1.807) is 11.8 Å². The average Bonchev–Trinajstić information content (AvgIpc) is 3.45. The summed E-state index contributed by atoms with van der Waals surface area (Å²) in [6, 6.07) is 6.38. The maximum Gasteiger partial charge on any atom is 0.173 e. The van der Waals surface area contributed by atoms with Gasteiger partial charge in [0.25, 0.3) is 0 Å². The summed E-state index contributed by atoms with van der Waals surface area (Å²) in [6.07, 6.45) is 11.5. The van der Waals surface area contributed by atoms with Crippen molar-refractivity contribution in [2.75, 3.05) is 19.1 Å². The SMILES string of the molecule is CC.CCCCOCn1ncc2cc(C3=C(Br)C(=O)C4CCCC34)ccc21.CSC. The Morgan fingerprint density at radius 3 is 2.63 bits per heavy atom. The molecule has 1 fully saturated rings. The van der Waals surface area contributed by atoms with Gasteiger partial charge in [0.2, 0.25) is 0 Å². The van der Waals surface area contributed by atoms with Gasteiger partial charge in [0.1, 0.15) is 6.73 Å². The highest BCUT2D eigenvalue weighted by molar-refractivity contribution is 9.12. The van der Waals surface area contributed by atoms with Crippen molar-refractivity contribution in [3.63, 3.8) is 0 Å². The van der Waals surface area contributed by atoms with E-state index in [-0.39, 0.29) is 11.7 Å². The average molecular weight is 496 g/mol. The number of rotatable bonds is 6. The molecule has 1 aromatic heterocycles. The fourth-order valence-electron chi connectivity index (χ4n) is 4.17. The van der Waals surface area contributed by atoms with Crippen molar-refractivity contribution in [1.29, 1.82) is 0 Å². The van der Waals surface area contributed by atoms with E-state index in [0.717, 1.165) is 59.7 Å². The lowest BCUT2D eigenvalue weighted by molar-refractivity contribution is -0.118. The molecule has 0 amide bonds. The highest BCUT2D eigenvalue weighted by Gasteiger charge is 2.43. The van der Waals surface area contributed by atoms with Gasteiger partial charge in [-0.1, -0.05) is 39.7 Å². The van der Waals surface area contributed by atoms with Gasteiger partial charge in [-0.2, -0.15) is 16.9 Å². The Morgan fingerprint density at radius 2 is 1.93 bits per heavy atom. The van der Waals surface area contributed by atoms with Crippen LogP contribution in [0.3, 0.4) is 0 Å². The van der Waals surface area contributed by atoms with Crippen molar-refractivity contribution in [1.82, 2.24) is 9.78 Å². The summed E-state index contributed by atoms with van der Waals surface area (Å²) in [6.45, 7) is 7.41. The summed E-state index contributed by atoms with van der Waals surface area (Å²) >= 11 is 5.32. The van der Waals surface area contributed by atoms with Crippen LogP contribution in [0.25, 0.3) is 16.5 Å². The first-order valence-electron chi connectivity index (χ1n) is 11.0. The van der Waals surface area contributed by atoms with Gasteiger partial charge in [0.05, 0.1) is 16.2 Å². The van der Waals surface area contributed by atoms with Gasteiger partial charge in [0, 0.05) is 17.9 Å². The molecule has 2 aromatic rings. The number of fused-ring (bicyclic) bond motifs is 2. The molecule has 0 N–H and O–H groups in total. The van der Waals surface area contributed by atoms with Crippen LogP contribution in [0.2, 0.25) is 0 Å². The first-order chi connectivity index (χ1) is 14.6. The monoisotopic (exact) mass is 494 g/mol. The lowest BCUT2D eigenvalue weighted by Gasteiger charge is -2.13. The zero-order chi connectivity index (χ0) is 22.1. The first-order valence-corrected chi connectivity index (χ1v) is 13.4. The maximum absolute atomic E-state index is 12.5. The molecule has 4 rings (SSSR count). The summed E-state index contributed by atoms with van der Waals surface area (Å²) in [5.41, 5.74) is 3.42. The number of ether oxygens (including phenoxy) is 1. The highest BCUT2D eigenvalue weighted by atomic mass is 79.9. The molecule has 2 unspecified atom stereocenters. The molecule has 4 nitrogen and oxygen atoms in total. The largest absolute Gasteiger partial charge is 0.359 e. The highest BCUT2D eigenvalue weighted by Crippen LogP contribution is 2.51. The number of allylic oxidation sites excluding steroid dienone is 2. The van der Waals surface area contributed by atoms with Crippen LogP contribution in [0, 0.1) is 11.8 Å². The normalized spacial score (nSPS) is 20.0. The Morgan fingerprint density at radius 1 is 1.23 bits per heavy atom. The number of Topliss-reactive ketones (excluding diaryl/α,β-unsaturated/α-hetero) is 1. The third kappa shape index (κ3) is 5.57. The number of unbranched alkanes of at least 4 members (excludes halogenated alkanes) is 1. The molecule has 1 heterocycles. The summed E-state index contributed by atoms with van der Waals surface area (Å²) in [5.74, 6) is 0.860. The molecule has 2 aliphatic carbocycles. The molecule has 1 aromatic carbocycles. The third-order valence-electron chi connectivity index (χ3n) is 5.48. The molecule has 0 spiro atoms. The molecule has 0 bridgehead atoms. The molecule has 0 radical (unpaired) electrons. The van der Waals surface area contributed by atoms with Gasteiger partial charge in [-0.3, -0.25) is 4.79 Å². The minimum atomic E-state index is 0.190. The van der Waals surface area contributed by atoms with Crippen LogP contribution in [0.5, 0.6) is 0 Å². The molecule has 30 heavy (non-hydrogen) atoms. The van der Waals surface area contributed by atoms with E-state index in [4.69, 9.17) is 4.74 Å². The van der Waals surface area contributed by atoms with Gasteiger partial charge in [0.15, 0.2) is 5.78 Å². The van der Waals surface area contributed by atoms with Crippen molar-refractivity contribution in [3.05, 3.63) is 34.4 Å². The molecule has 2 aliphatic rings. The lowest BCUT2D eigenvalue weighted by atomic mass is 9.90. The van der Waals surface area contributed by atoms with Gasteiger partial charge in [-0.15, -0.1) is 0 Å². The minimum absolute atomic E-state index is 0.190. The van der Waals surface area contributed by atoms with Crippen LogP contribution in [0.4, 0.5) is 0 Å². The van der Waals surface area contributed by atoms with Crippen LogP contribution in [0.15, 0.2) is 28.9 Å². The molecule has 2 atom stereocenters. The number of hydrogen-bond acceptors (Lipinski definition) is 4. The number of thioether (sulfide) groups is 1. The smallest absolute Gasteiger partial charge is 0.173 e. The van der Waals surface area contributed by atoms with Crippen molar-refractivity contribution >= 4 is 50.0 Å². The van der Waals surface area contributed by atoms with Gasteiger partial charge >= 0.3 is 0 Å². The van der Waals surface area contributed by atoms with E-state index in [9.17, 15) is 4.79 Å². The van der Waals surface area contributed by atoms with Crippen LogP contribution >= 0.6 is 27.7 Å². The maximum atomic E-state index is 12.5. The molecule has 166 valence electrons. The summed E-state index contributed by atoms with van der Waals surface area (Å²) in [5, 5.41) is 5.55. The molecule has 1 saturated carbocycles. The topological polar surface area (TPSA) is 44.1 Å². The zero-order valence-electron chi connectivity index (χ0n) is 18.9. The summed E-state index contributed by atoms with van der Waals surface area (Å²) in [4.78, 5) is 12.5. The van der Waals surface area contributed by atoms with E-state index >= 15 is 0 Å². The minimum Gasteiger partial charge on any atom is -0.359 e. The molecule has 0 saturated heterocycles. The van der Waals surface area contributed by atoms with Crippen molar-refractivity contribution in [2.45, 2.75) is 59.6 Å². The quantitative estimate of drug-likeness (QED) is 0.408. The van der Waals surface area contributed by atoms with Gasteiger partial charge in [-0.25, -0.2) is 4.68 Å². The third-order valence-corrected chi connectivity index (χ3v) is 6.30. The Hall–Kier alpha value is -1.11. The fourth-order valence-corrected chi connectivity index (χ4v) is 4.99. The fraction of sp³-hybridized carbons (Fsp3) is 0.583. The van der Waals surface area contributed by atoms with E-state index in [0.29, 0.717) is 12.6 Å². The Balaban J connectivity index is 0.000000590. The lowest BCUT2D eigenvalue weighted by Crippen LogP contribution is -2.10. The molecular weight excluding hydrogens is 460 g/mol. The van der Waals surface area contributed by atoms with E-state index in [2.05, 4.69) is 46.2 Å². The van der Waals surface area contributed by atoms with Crippen LogP contribution < -0.4 is 0 Å². The Labute approximate surface area is 194 Å². The molecule has 0 aliphatic heterocycles. The van der Waals surface area contributed by atoms with Crippen LogP contribution in [-0.4, -0.2) is 34.7 Å². The number of ketones is 1. The Bertz CT molecular complexity index is 862. The Kier molecular flexibility index (Phi) is 10.6. The van der Waals surface area contributed by atoms with Gasteiger partial charge < -0.3 is 4.74 Å². The predicted octanol–water partition coefficient (Wildman–Crippen LogP) is 6.92. The number of benzene rings is 1. The van der Waals surface area contributed by atoms with Crippen LogP contribution in [0.1, 0.15) is 58.4 Å². The number of carbonyl (C=O) groups is 1.